The Balaban J connectivity index is 1.80. The molecule has 148 valence electrons. The lowest BCUT2D eigenvalue weighted by atomic mass is 10.1. The van der Waals surface area contributed by atoms with Crippen molar-refractivity contribution in [3.63, 3.8) is 0 Å². The highest BCUT2D eigenvalue weighted by Crippen LogP contribution is 2.39. The minimum atomic E-state index is -4.60. The van der Waals surface area contributed by atoms with Crippen LogP contribution >= 0.6 is 0 Å². The quantitative estimate of drug-likeness (QED) is 0.559. The Hall–Kier alpha value is -2.62. The molecule has 0 N–H and O–H groups in total. The van der Waals surface area contributed by atoms with Crippen LogP contribution in [0.4, 0.5) is 33.7 Å². The van der Waals surface area contributed by atoms with E-state index in [-0.39, 0.29) is 22.9 Å². The van der Waals surface area contributed by atoms with Gasteiger partial charge in [-0.2, -0.15) is 13.2 Å². The number of hydrogen-bond donors (Lipinski definition) is 0. The molecule has 0 bridgehead atoms. The van der Waals surface area contributed by atoms with Crippen LogP contribution in [-0.2, 0) is 16.0 Å². The number of anilines is 2. The largest absolute Gasteiger partial charge is 0.416 e. The second-order valence-corrected chi connectivity index (χ2v) is 8.91. The van der Waals surface area contributed by atoms with Crippen molar-refractivity contribution in [3.8, 4) is 0 Å². The molecule has 2 fully saturated rings. The fraction of sp³-hybridized carbons (Fsp3) is 0.278. The summed E-state index contributed by atoms with van der Waals surface area (Å²) in [4.78, 5) is 15.4. The Labute approximate surface area is 158 Å². The Morgan fingerprint density at radius 1 is 0.893 bits per heavy atom. The molecule has 0 radical (unpaired) electrons. The van der Waals surface area contributed by atoms with Crippen LogP contribution < -0.4 is 9.80 Å². The van der Waals surface area contributed by atoms with Gasteiger partial charge in [-0.1, -0.05) is 6.07 Å². The summed E-state index contributed by atoms with van der Waals surface area (Å²) < 4.78 is 76.8. The number of rotatable bonds is 2. The number of sulfone groups is 1. The topological polar surface area (TPSA) is 57.7 Å². The molecule has 5 nitrogen and oxygen atoms in total. The van der Waals surface area contributed by atoms with Gasteiger partial charge >= 0.3 is 12.2 Å². The number of carbonyl (C=O) groups is 1. The van der Waals surface area contributed by atoms with Gasteiger partial charge in [0.1, 0.15) is 5.82 Å². The van der Waals surface area contributed by atoms with E-state index < -0.39 is 45.5 Å². The zero-order valence-electron chi connectivity index (χ0n) is 14.2. The molecule has 2 amide bonds. The monoisotopic (exact) mass is 414 g/mol. The third-order valence-electron chi connectivity index (χ3n) is 4.93. The fourth-order valence-electron chi connectivity index (χ4n) is 3.74. The SMILES string of the molecule is O=C1N(c2ccc(F)cc2)[C@H]2CS(=O)(=O)C[C@@H]2N1c1cccc(C(F)(F)F)c1. The van der Waals surface area contributed by atoms with E-state index in [1.165, 1.54) is 29.2 Å². The van der Waals surface area contributed by atoms with E-state index in [1.807, 2.05) is 0 Å². The number of halogens is 4. The van der Waals surface area contributed by atoms with E-state index in [0.717, 1.165) is 29.2 Å². The average molecular weight is 414 g/mol. The van der Waals surface area contributed by atoms with Gasteiger partial charge in [-0.05, 0) is 42.5 Å². The summed E-state index contributed by atoms with van der Waals surface area (Å²) in [6, 6.07) is 6.92. The summed E-state index contributed by atoms with van der Waals surface area (Å²) in [5, 5.41) is 0. The van der Waals surface area contributed by atoms with Crippen LogP contribution in [0.3, 0.4) is 0 Å². The predicted molar refractivity (Wildman–Crippen MR) is 94.4 cm³/mol. The molecule has 0 aliphatic carbocycles. The molecular formula is C18H14F4N2O3S. The number of urea groups is 1. The van der Waals surface area contributed by atoms with Crippen molar-refractivity contribution in [1.29, 1.82) is 0 Å². The number of benzene rings is 2. The number of nitrogens with zero attached hydrogens (tertiary/aromatic N) is 2. The summed E-state index contributed by atoms with van der Waals surface area (Å²) in [5.74, 6) is -1.19. The first-order valence-corrected chi connectivity index (χ1v) is 10.1. The van der Waals surface area contributed by atoms with Crippen molar-refractivity contribution in [1.82, 2.24) is 0 Å². The van der Waals surface area contributed by atoms with Crippen molar-refractivity contribution in [2.75, 3.05) is 21.3 Å². The molecule has 2 aromatic rings. The molecule has 28 heavy (non-hydrogen) atoms. The Bertz CT molecular complexity index is 1040. The first-order chi connectivity index (χ1) is 13.1. The summed E-state index contributed by atoms with van der Waals surface area (Å²) in [6.45, 7) is 0. The smallest absolute Gasteiger partial charge is 0.288 e. The normalized spacial score (nSPS) is 23.9. The van der Waals surface area contributed by atoms with Crippen LogP contribution in [0.15, 0.2) is 48.5 Å². The maximum Gasteiger partial charge on any atom is 0.416 e. The van der Waals surface area contributed by atoms with E-state index in [2.05, 4.69) is 0 Å². The van der Waals surface area contributed by atoms with E-state index in [0.29, 0.717) is 0 Å². The summed E-state index contributed by atoms with van der Waals surface area (Å²) in [7, 11) is -3.49. The first kappa shape index (κ1) is 18.7. The van der Waals surface area contributed by atoms with Gasteiger partial charge in [-0.3, -0.25) is 9.80 Å². The standard InChI is InChI=1S/C18H14F4N2O3S/c19-12-4-6-13(7-5-12)23-15-9-28(26,27)10-16(15)24(17(23)25)14-3-1-2-11(8-14)18(20,21)22/h1-8,15-16H,9-10H2/t15-,16-/m0/s1. The Morgan fingerprint density at radius 2 is 1.46 bits per heavy atom. The van der Waals surface area contributed by atoms with E-state index in [9.17, 15) is 30.8 Å². The average Bonchev–Trinajstić information content (AvgIpc) is 3.04. The predicted octanol–water partition coefficient (Wildman–Crippen LogP) is 3.46. The second kappa shape index (κ2) is 6.20. The molecule has 2 aliphatic rings. The van der Waals surface area contributed by atoms with Gasteiger partial charge in [0.15, 0.2) is 9.84 Å². The van der Waals surface area contributed by atoms with Gasteiger partial charge in [-0.25, -0.2) is 17.6 Å². The van der Waals surface area contributed by atoms with Crippen LogP contribution in [0.1, 0.15) is 5.56 Å². The van der Waals surface area contributed by atoms with Crippen molar-refractivity contribution in [2.45, 2.75) is 18.3 Å². The van der Waals surface area contributed by atoms with Gasteiger partial charge in [0.2, 0.25) is 0 Å². The van der Waals surface area contributed by atoms with Gasteiger partial charge < -0.3 is 0 Å². The number of amides is 2. The number of fused-ring (bicyclic) bond motifs is 1. The summed E-state index contributed by atoms with van der Waals surface area (Å²) in [5.41, 5.74) is -0.681. The third kappa shape index (κ3) is 3.11. The second-order valence-electron chi connectivity index (χ2n) is 6.76. The molecule has 4 rings (SSSR count). The Kier molecular flexibility index (Phi) is 4.14. The fourth-order valence-corrected chi connectivity index (χ4v) is 5.66. The first-order valence-electron chi connectivity index (χ1n) is 8.32. The molecule has 2 atom stereocenters. The highest BCUT2D eigenvalue weighted by Gasteiger charge is 2.54. The lowest BCUT2D eigenvalue weighted by Gasteiger charge is -2.23. The molecule has 2 saturated heterocycles. The Morgan fingerprint density at radius 3 is 2.04 bits per heavy atom. The van der Waals surface area contributed by atoms with Crippen molar-refractivity contribution in [3.05, 3.63) is 59.9 Å². The van der Waals surface area contributed by atoms with Crippen LogP contribution in [-0.4, -0.2) is 38.0 Å². The van der Waals surface area contributed by atoms with Gasteiger partial charge in [0, 0.05) is 11.4 Å². The lowest BCUT2D eigenvalue weighted by Crippen LogP contribution is -2.38. The summed E-state index contributed by atoms with van der Waals surface area (Å²) in [6.07, 6.45) is -4.60. The molecule has 0 spiro atoms. The maximum absolute atomic E-state index is 13.2. The molecule has 10 heteroatoms. The van der Waals surface area contributed by atoms with Crippen LogP contribution in [0, 0.1) is 5.82 Å². The number of hydrogen-bond acceptors (Lipinski definition) is 3. The van der Waals surface area contributed by atoms with Crippen LogP contribution in [0.5, 0.6) is 0 Å². The van der Waals surface area contributed by atoms with Gasteiger partial charge in [0.25, 0.3) is 0 Å². The maximum atomic E-state index is 13.2. The van der Waals surface area contributed by atoms with Gasteiger partial charge in [0.05, 0.1) is 29.2 Å². The van der Waals surface area contributed by atoms with E-state index in [1.54, 1.807) is 0 Å². The zero-order valence-corrected chi connectivity index (χ0v) is 15.0. The van der Waals surface area contributed by atoms with Crippen LogP contribution in [0.25, 0.3) is 0 Å². The van der Waals surface area contributed by atoms with Crippen molar-refractivity contribution >= 4 is 27.2 Å². The third-order valence-corrected chi connectivity index (χ3v) is 6.62. The highest BCUT2D eigenvalue weighted by atomic mass is 32.2. The molecule has 2 heterocycles. The molecule has 2 aromatic carbocycles. The molecular weight excluding hydrogens is 400 g/mol. The minimum Gasteiger partial charge on any atom is -0.288 e. The molecule has 2 aliphatic heterocycles. The van der Waals surface area contributed by atoms with Crippen LogP contribution in [0.2, 0.25) is 0 Å². The van der Waals surface area contributed by atoms with E-state index >= 15 is 0 Å². The lowest BCUT2D eigenvalue weighted by molar-refractivity contribution is -0.137. The molecule has 0 saturated carbocycles. The molecule has 0 aromatic heterocycles. The highest BCUT2D eigenvalue weighted by molar-refractivity contribution is 7.91. The molecule has 0 unspecified atom stereocenters. The van der Waals surface area contributed by atoms with E-state index in [4.69, 9.17) is 0 Å². The number of carbonyl (C=O) groups excluding carboxylic acids is 1. The van der Waals surface area contributed by atoms with Gasteiger partial charge in [-0.15, -0.1) is 0 Å². The summed E-state index contributed by atoms with van der Waals surface area (Å²) >= 11 is 0. The van der Waals surface area contributed by atoms with Crippen molar-refractivity contribution < 1.29 is 30.8 Å². The minimum absolute atomic E-state index is 0.0310. The number of alkyl halides is 3. The zero-order chi connectivity index (χ0) is 20.3. The van der Waals surface area contributed by atoms with Crippen molar-refractivity contribution in [2.24, 2.45) is 0 Å².